The van der Waals surface area contributed by atoms with Crippen LogP contribution in [0, 0.1) is 5.92 Å². The third kappa shape index (κ3) is 3.81. The third-order valence-electron chi connectivity index (χ3n) is 2.94. The number of hydrogen-bond donors (Lipinski definition) is 2. The Kier molecular flexibility index (Phi) is 5.25. The van der Waals surface area contributed by atoms with E-state index in [9.17, 15) is 9.59 Å². The van der Waals surface area contributed by atoms with Gasteiger partial charge in [0.1, 0.15) is 0 Å². The van der Waals surface area contributed by atoms with Gasteiger partial charge in [0, 0.05) is 19.5 Å². The lowest BCUT2D eigenvalue weighted by Gasteiger charge is -2.30. The Morgan fingerprint density at radius 2 is 2.25 bits per heavy atom. The molecule has 0 bridgehead atoms. The van der Waals surface area contributed by atoms with Gasteiger partial charge in [-0.05, 0) is 32.9 Å². The molecule has 1 fully saturated rings. The maximum absolute atomic E-state index is 11.7. The van der Waals surface area contributed by atoms with E-state index in [1.54, 1.807) is 4.90 Å². The Morgan fingerprint density at radius 3 is 2.88 bits per heavy atom. The van der Waals surface area contributed by atoms with E-state index in [2.05, 4.69) is 5.32 Å². The smallest absolute Gasteiger partial charge is 0.308 e. The summed E-state index contributed by atoms with van der Waals surface area (Å²) in [5.74, 6) is -1.07. The fourth-order valence-corrected chi connectivity index (χ4v) is 1.98. The second-order valence-electron chi connectivity index (χ2n) is 4.22. The molecule has 5 heteroatoms. The van der Waals surface area contributed by atoms with Crippen molar-refractivity contribution < 1.29 is 14.7 Å². The average Bonchev–Trinajstić information content (AvgIpc) is 2.29. The van der Waals surface area contributed by atoms with Gasteiger partial charge in [-0.3, -0.25) is 9.59 Å². The summed E-state index contributed by atoms with van der Waals surface area (Å²) in [7, 11) is 1.85. The van der Waals surface area contributed by atoms with Gasteiger partial charge in [-0.1, -0.05) is 0 Å². The largest absolute Gasteiger partial charge is 0.481 e. The van der Waals surface area contributed by atoms with Crippen molar-refractivity contribution in [3.05, 3.63) is 0 Å². The summed E-state index contributed by atoms with van der Waals surface area (Å²) in [6.45, 7) is 1.91. The van der Waals surface area contributed by atoms with Crippen molar-refractivity contribution in [1.29, 1.82) is 0 Å². The quantitative estimate of drug-likeness (QED) is 0.664. The van der Waals surface area contributed by atoms with Gasteiger partial charge in [0.15, 0.2) is 0 Å². The van der Waals surface area contributed by atoms with Crippen molar-refractivity contribution in [1.82, 2.24) is 10.2 Å². The minimum atomic E-state index is -0.785. The number of rotatable bonds is 5. The molecule has 92 valence electrons. The zero-order valence-electron chi connectivity index (χ0n) is 9.74. The van der Waals surface area contributed by atoms with Gasteiger partial charge in [0.2, 0.25) is 5.91 Å². The van der Waals surface area contributed by atoms with Gasteiger partial charge < -0.3 is 15.3 Å². The zero-order valence-corrected chi connectivity index (χ0v) is 9.74. The molecule has 0 radical (unpaired) electrons. The van der Waals surface area contributed by atoms with Gasteiger partial charge in [0.25, 0.3) is 0 Å². The number of likely N-dealkylation sites (tertiary alicyclic amines) is 1. The number of carbonyl (C=O) groups is 2. The molecule has 1 aliphatic rings. The van der Waals surface area contributed by atoms with Crippen LogP contribution in [-0.2, 0) is 9.59 Å². The van der Waals surface area contributed by atoms with Crippen LogP contribution in [0.2, 0.25) is 0 Å². The number of amides is 1. The Hall–Kier alpha value is -1.10. The Labute approximate surface area is 95.8 Å². The van der Waals surface area contributed by atoms with Crippen LogP contribution in [-0.4, -0.2) is 48.6 Å². The summed E-state index contributed by atoms with van der Waals surface area (Å²) in [6.07, 6.45) is 2.81. The second kappa shape index (κ2) is 6.48. The number of carbonyl (C=O) groups excluding carboxylic acids is 1. The zero-order chi connectivity index (χ0) is 12.0. The monoisotopic (exact) mass is 228 g/mol. The molecule has 1 saturated heterocycles. The number of carboxylic acid groups (broad SMARTS) is 1. The molecule has 0 unspecified atom stereocenters. The van der Waals surface area contributed by atoms with Crippen LogP contribution in [0.1, 0.15) is 25.7 Å². The van der Waals surface area contributed by atoms with Gasteiger partial charge in [0.05, 0.1) is 5.92 Å². The summed E-state index contributed by atoms with van der Waals surface area (Å²) < 4.78 is 0. The number of piperidine rings is 1. The van der Waals surface area contributed by atoms with Crippen LogP contribution in [0.25, 0.3) is 0 Å². The summed E-state index contributed by atoms with van der Waals surface area (Å²) in [6, 6.07) is 0. The van der Waals surface area contributed by atoms with E-state index >= 15 is 0 Å². The van der Waals surface area contributed by atoms with Crippen LogP contribution in [0.5, 0.6) is 0 Å². The molecule has 16 heavy (non-hydrogen) atoms. The number of aliphatic carboxylic acids is 1. The molecule has 0 aromatic rings. The van der Waals surface area contributed by atoms with Crippen LogP contribution in [0.3, 0.4) is 0 Å². The molecule has 1 rings (SSSR count). The predicted molar refractivity (Wildman–Crippen MR) is 60.1 cm³/mol. The summed E-state index contributed by atoms with van der Waals surface area (Å²) in [5.41, 5.74) is 0. The molecule has 0 saturated carbocycles. The molecule has 5 nitrogen and oxygen atoms in total. The predicted octanol–water partition coefficient (Wildman–Crippen LogP) is 0.309. The number of carboxylic acids is 1. The van der Waals surface area contributed by atoms with E-state index in [0.717, 1.165) is 19.4 Å². The maximum atomic E-state index is 11.7. The maximum Gasteiger partial charge on any atom is 0.308 e. The topological polar surface area (TPSA) is 69.6 Å². The van der Waals surface area contributed by atoms with Crippen molar-refractivity contribution in [3.63, 3.8) is 0 Å². The molecule has 1 atom stereocenters. The van der Waals surface area contributed by atoms with Crippen molar-refractivity contribution in [2.24, 2.45) is 5.92 Å². The summed E-state index contributed by atoms with van der Waals surface area (Å²) in [4.78, 5) is 24.3. The summed E-state index contributed by atoms with van der Waals surface area (Å²) >= 11 is 0. The standard InChI is InChI=1S/C11H20N2O3/c1-12-6-2-5-10(14)13-7-3-4-9(8-13)11(15)16/h9,12H,2-8H2,1H3,(H,15,16)/t9-/m0/s1. The average molecular weight is 228 g/mol. The first-order chi connectivity index (χ1) is 7.65. The molecule has 2 N–H and O–H groups in total. The minimum Gasteiger partial charge on any atom is -0.481 e. The molecule has 1 aliphatic heterocycles. The van der Waals surface area contributed by atoms with Crippen molar-refractivity contribution in [3.8, 4) is 0 Å². The Balaban J connectivity index is 2.35. The number of nitrogens with zero attached hydrogens (tertiary/aromatic N) is 1. The van der Waals surface area contributed by atoms with Crippen LogP contribution in [0.4, 0.5) is 0 Å². The fourth-order valence-electron chi connectivity index (χ4n) is 1.98. The normalized spacial score (nSPS) is 20.8. The van der Waals surface area contributed by atoms with Crippen LogP contribution in [0.15, 0.2) is 0 Å². The van der Waals surface area contributed by atoms with E-state index < -0.39 is 5.97 Å². The lowest BCUT2D eigenvalue weighted by molar-refractivity contribution is -0.145. The highest BCUT2D eigenvalue weighted by Crippen LogP contribution is 2.17. The van der Waals surface area contributed by atoms with E-state index in [1.165, 1.54) is 0 Å². The lowest BCUT2D eigenvalue weighted by Crippen LogP contribution is -2.42. The van der Waals surface area contributed by atoms with E-state index in [0.29, 0.717) is 25.9 Å². The van der Waals surface area contributed by atoms with Gasteiger partial charge in [-0.25, -0.2) is 0 Å². The Bertz CT molecular complexity index is 256. The second-order valence-corrected chi connectivity index (χ2v) is 4.22. The molecular weight excluding hydrogens is 208 g/mol. The molecule has 0 aromatic carbocycles. The third-order valence-corrected chi connectivity index (χ3v) is 2.94. The SMILES string of the molecule is CNCCCC(=O)N1CCC[C@H](C(=O)O)C1. The van der Waals surface area contributed by atoms with E-state index in [-0.39, 0.29) is 11.8 Å². The molecule has 0 spiro atoms. The Morgan fingerprint density at radius 1 is 1.50 bits per heavy atom. The van der Waals surface area contributed by atoms with Crippen molar-refractivity contribution >= 4 is 11.9 Å². The fraction of sp³-hybridized carbons (Fsp3) is 0.818. The molecule has 1 amide bonds. The first-order valence-corrected chi connectivity index (χ1v) is 5.80. The molecular formula is C11H20N2O3. The first kappa shape index (κ1) is 13.0. The first-order valence-electron chi connectivity index (χ1n) is 5.80. The van der Waals surface area contributed by atoms with E-state index in [1.807, 2.05) is 7.05 Å². The summed E-state index contributed by atoms with van der Waals surface area (Å²) in [5, 5.41) is 11.9. The number of hydrogen-bond acceptors (Lipinski definition) is 3. The highest BCUT2D eigenvalue weighted by atomic mass is 16.4. The van der Waals surface area contributed by atoms with Gasteiger partial charge in [-0.15, -0.1) is 0 Å². The number of nitrogens with one attached hydrogen (secondary N) is 1. The van der Waals surface area contributed by atoms with Crippen LogP contribution < -0.4 is 5.32 Å². The minimum absolute atomic E-state index is 0.0844. The lowest BCUT2D eigenvalue weighted by atomic mass is 9.98. The highest BCUT2D eigenvalue weighted by molar-refractivity contribution is 5.78. The molecule has 0 aliphatic carbocycles. The van der Waals surface area contributed by atoms with E-state index in [4.69, 9.17) is 5.11 Å². The van der Waals surface area contributed by atoms with Gasteiger partial charge >= 0.3 is 5.97 Å². The molecule has 0 aromatic heterocycles. The van der Waals surface area contributed by atoms with Gasteiger partial charge in [-0.2, -0.15) is 0 Å². The van der Waals surface area contributed by atoms with Crippen molar-refractivity contribution in [2.75, 3.05) is 26.7 Å². The molecule has 1 heterocycles. The van der Waals surface area contributed by atoms with Crippen molar-refractivity contribution in [2.45, 2.75) is 25.7 Å². The van der Waals surface area contributed by atoms with Crippen LogP contribution >= 0.6 is 0 Å². The highest BCUT2D eigenvalue weighted by Gasteiger charge is 2.27.